The smallest absolute Gasteiger partial charge is 0.227 e. The van der Waals surface area contributed by atoms with Crippen LogP contribution in [0, 0.1) is 5.92 Å². The van der Waals surface area contributed by atoms with E-state index in [9.17, 15) is 4.79 Å². The molecule has 1 aliphatic heterocycles. The number of alkyl halides is 1. The molecule has 2 rings (SSSR count). The SMILES string of the molecule is COc1cc(OC)cc(N2CC(CCl)CC2=O)c1. The van der Waals surface area contributed by atoms with Crippen molar-refractivity contribution in [1.29, 1.82) is 0 Å². The van der Waals surface area contributed by atoms with Crippen molar-refractivity contribution in [1.82, 2.24) is 0 Å². The highest BCUT2D eigenvalue weighted by Crippen LogP contribution is 2.32. The molecule has 0 radical (unpaired) electrons. The highest BCUT2D eigenvalue weighted by molar-refractivity contribution is 6.18. The van der Waals surface area contributed by atoms with E-state index >= 15 is 0 Å². The van der Waals surface area contributed by atoms with Gasteiger partial charge in [-0.15, -0.1) is 11.6 Å². The molecule has 0 bridgehead atoms. The van der Waals surface area contributed by atoms with Crippen molar-refractivity contribution in [3.8, 4) is 11.5 Å². The summed E-state index contributed by atoms with van der Waals surface area (Å²) >= 11 is 5.81. The van der Waals surface area contributed by atoms with Crippen LogP contribution in [-0.4, -0.2) is 32.6 Å². The van der Waals surface area contributed by atoms with Crippen LogP contribution in [0.5, 0.6) is 11.5 Å². The Balaban J connectivity index is 2.30. The first-order valence-electron chi connectivity index (χ1n) is 5.77. The van der Waals surface area contributed by atoms with Gasteiger partial charge in [-0.1, -0.05) is 0 Å². The number of ether oxygens (including phenoxy) is 2. The molecule has 0 aromatic heterocycles. The fourth-order valence-electron chi connectivity index (χ4n) is 2.08. The Morgan fingerprint density at radius 2 is 1.89 bits per heavy atom. The summed E-state index contributed by atoms with van der Waals surface area (Å²) in [7, 11) is 3.18. The lowest BCUT2D eigenvalue weighted by atomic mass is 10.1. The summed E-state index contributed by atoms with van der Waals surface area (Å²) in [4.78, 5) is 13.7. The lowest BCUT2D eigenvalue weighted by molar-refractivity contribution is -0.117. The van der Waals surface area contributed by atoms with Crippen molar-refractivity contribution < 1.29 is 14.3 Å². The first kappa shape index (κ1) is 13.0. The predicted octanol–water partition coefficient (Wildman–Crippen LogP) is 2.30. The number of anilines is 1. The highest BCUT2D eigenvalue weighted by Gasteiger charge is 2.30. The maximum Gasteiger partial charge on any atom is 0.227 e. The van der Waals surface area contributed by atoms with E-state index in [1.165, 1.54) is 0 Å². The van der Waals surface area contributed by atoms with E-state index in [0.29, 0.717) is 30.3 Å². The van der Waals surface area contributed by atoms with Gasteiger partial charge in [0.2, 0.25) is 5.91 Å². The van der Waals surface area contributed by atoms with Crippen molar-refractivity contribution in [2.75, 3.05) is 31.5 Å². The predicted molar refractivity (Wildman–Crippen MR) is 70.7 cm³/mol. The fourth-order valence-corrected chi connectivity index (χ4v) is 2.29. The Morgan fingerprint density at radius 1 is 1.28 bits per heavy atom. The Morgan fingerprint density at radius 3 is 2.33 bits per heavy atom. The molecule has 1 aromatic carbocycles. The zero-order valence-electron chi connectivity index (χ0n) is 10.5. The summed E-state index contributed by atoms with van der Waals surface area (Å²) in [6.07, 6.45) is 0.503. The largest absolute Gasteiger partial charge is 0.497 e. The molecule has 1 heterocycles. The minimum Gasteiger partial charge on any atom is -0.497 e. The van der Waals surface area contributed by atoms with E-state index in [0.717, 1.165) is 5.69 Å². The molecule has 4 nitrogen and oxygen atoms in total. The zero-order chi connectivity index (χ0) is 13.1. The average molecular weight is 270 g/mol. The number of rotatable bonds is 4. The molecule has 0 saturated carbocycles. The second-order valence-electron chi connectivity index (χ2n) is 4.30. The van der Waals surface area contributed by atoms with Crippen molar-refractivity contribution in [2.45, 2.75) is 6.42 Å². The van der Waals surface area contributed by atoms with Crippen LogP contribution in [-0.2, 0) is 4.79 Å². The van der Waals surface area contributed by atoms with E-state index in [4.69, 9.17) is 21.1 Å². The third kappa shape index (κ3) is 2.53. The Kier molecular flexibility index (Phi) is 3.97. The van der Waals surface area contributed by atoms with Crippen molar-refractivity contribution in [3.63, 3.8) is 0 Å². The monoisotopic (exact) mass is 269 g/mol. The maximum atomic E-state index is 11.9. The summed E-state index contributed by atoms with van der Waals surface area (Å²) in [5.74, 6) is 2.16. The quantitative estimate of drug-likeness (QED) is 0.788. The molecule has 1 saturated heterocycles. The second-order valence-corrected chi connectivity index (χ2v) is 4.61. The Bertz CT molecular complexity index is 428. The number of hydrogen-bond acceptors (Lipinski definition) is 3. The third-order valence-electron chi connectivity index (χ3n) is 3.07. The number of benzene rings is 1. The number of carbonyl (C=O) groups is 1. The van der Waals surface area contributed by atoms with E-state index in [1.54, 1.807) is 25.2 Å². The summed E-state index contributed by atoms with van der Waals surface area (Å²) < 4.78 is 10.4. The van der Waals surface area contributed by atoms with Gasteiger partial charge >= 0.3 is 0 Å². The van der Waals surface area contributed by atoms with Gasteiger partial charge in [-0.05, 0) is 5.92 Å². The summed E-state index contributed by atoms with van der Waals surface area (Å²) in [6.45, 7) is 0.651. The number of halogens is 1. The van der Waals surface area contributed by atoms with Crippen LogP contribution in [0.1, 0.15) is 6.42 Å². The molecule has 1 aromatic rings. The molecule has 0 N–H and O–H groups in total. The molecule has 1 fully saturated rings. The van der Waals surface area contributed by atoms with E-state index < -0.39 is 0 Å². The molecule has 0 spiro atoms. The number of methoxy groups -OCH3 is 2. The molecule has 5 heteroatoms. The van der Waals surface area contributed by atoms with Crippen LogP contribution in [0.15, 0.2) is 18.2 Å². The average Bonchev–Trinajstić information content (AvgIpc) is 2.79. The lowest BCUT2D eigenvalue weighted by Crippen LogP contribution is -2.24. The van der Waals surface area contributed by atoms with E-state index in [2.05, 4.69) is 0 Å². The van der Waals surface area contributed by atoms with Gasteiger partial charge in [0.25, 0.3) is 0 Å². The molecule has 1 unspecified atom stereocenters. The first-order chi connectivity index (χ1) is 8.67. The topological polar surface area (TPSA) is 38.8 Å². The van der Waals surface area contributed by atoms with Crippen LogP contribution >= 0.6 is 11.6 Å². The molecular weight excluding hydrogens is 254 g/mol. The lowest BCUT2D eigenvalue weighted by Gasteiger charge is -2.18. The third-order valence-corrected chi connectivity index (χ3v) is 3.51. The minimum atomic E-state index is 0.0935. The normalized spacial score (nSPS) is 19.2. The van der Waals surface area contributed by atoms with Crippen LogP contribution in [0.3, 0.4) is 0 Å². The minimum absolute atomic E-state index is 0.0935. The molecule has 1 aliphatic rings. The molecular formula is C13H16ClNO3. The standard InChI is InChI=1S/C13H16ClNO3/c1-17-11-4-10(5-12(6-11)18-2)15-8-9(7-14)3-13(15)16/h4-6,9H,3,7-8H2,1-2H3. The van der Waals surface area contributed by atoms with Gasteiger partial charge in [0.1, 0.15) is 11.5 Å². The number of hydrogen-bond donors (Lipinski definition) is 0. The maximum absolute atomic E-state index is 11.9. The van der Waals surface area contributed by atoms with Gasteiger partial charge in [-0.2, -0.15) is 0 Å². The van der Waals surface area contributed by atoms with Gasteiger partial charge < -0.3 is 14.4 Å². The molecule has 98 valence electrons. The Hall–Kier alpha value is -1.42. The van der Waals surface area contributed by atoms with Gasteiger partial charge in [0, 0.05) is 37.0 Å². The fraction of sp³-hybridized carbons (Fsp3) is 0.462. The molecule has 18 heavy (non-hydrogen) atoms. The van der Waals surface area contributed by atoms with Gasteiger partial charge in [0.05, 0.1) is 19.9 Å². The van der Waals surface area contributed by atoms with E-state index in [1.807, 2.05) is 12.1 Å². The van der Waals surface area contributed by atoms with Crippen LogP contribution in [0.4, 0.5) is 5.69 Å². The number of amides is 1. The van der Waals surface area contributed by atoms with Gasteiger partial charge in [-0.3, -0.25) is 4.79 Å². The van der Waals surface area contributed by atoms with Crippen molar-refractivity contribution in [3.05, 3.63) is 18.2 Å². The molecule has 0 aliphatic carbocycles. The van der Waals surface area contributed by atoms with Crippen LogP contribution in [0.2, 0.25) is 0 Å². The number of carbonyl (C=O) groups excluding carboxylic acids is 1. The van der Waals surface area contributed by atoms with Gasteiger partial charge in [0.15, 0.2) is 0 Å². The molecule has 1 amide bonds. The Labute approximate surface area is 111 Å². The highest BCUT2D eigenvalue weighted by atomic mass is 35.5. The van der Waals surface area contributed by atoms with Crippen LogP contribution < -0.4 is 14.4 Å². The van der Waals surface area contributed by atoms with Gasteiger partial charge in [-0.25, -0.2) is 0 Å². The van der Waals surface area contributed by atoms with E-state index in [-0.39, 0.29) is 11.8 Å². The van der Waals surface area contributed by atoms with Crippen molar-refractivity contribution in [2.24, 2.45) is 5.92 Å². The first-order valence-corrected chi connectivity index (χ1v) is 6.30. The van der Waals surface area contributed by atoms with Crippen molar-refractivity contribution >= 4 is 23.2 Å². The second kappa shape index (κ2) is 5.48. The zero-order valence-corrected chi connectivity index (χ0v) is 11.2. The number of nitrogens with zero attached hydrogens (tertiary/aromatic N) is 1. The summed E-state index contributed by atoms with van der Waals surface area (Å²) in [5.41, 5.74) is 0.795. The molecule has 1 atom stereocenters. The summed E-state index contributed by atoms with van der Waals surface area (Å²) in [5, 5.41) is 0. The summed E-state index contributed by atoms with van der Waals surface area (Å²) in [6, 6.07) is 5.44. The van der Waals surface area contributed by atoms with Crippen LogP contribution in [0.25, 0.3) is 0 Å².